The van der Waals surface area contributed by atoms with E-state index in [4.69, 9.17) is 0 Å². The fourth-order valence-corrected chi connectivity index (χ4v) is 2.59. The van der Waals surface area contributed by atoms with E-state index >= 15 is 0 Å². The van der Waals surface area contributed by atoms with Crippen LogP contribution in [0.3, 0.4) is 0 Å². The maximum Gasteiger partial charge on any atom is 0.225 e. The molecule has 2 aromatic rings. The molecular weight excluding hydrogens is 262 g/mol. The number of nitrogens with zero attached hydrogens (tertiary/aromatic N) is 5. The number of aryl methyl sites for hydroxylation is 2. The molecule has 3 heterocycles. The predicted molar refractivity (Wildman–Crippen MR) is 84.8 cm³/mol. The van der Waals surface area contributed by atoms with E-state index in [-0.39, 0.29) is 0 Å². The summed E-state index contributed by atoms with van der Waals surface area (Å²) in [6.07, 6.45) is 6.72. The summed E-state index contributed by atoms with van der Waals surface area (Å²) >= 11 is 0. The molecule has 0 amide bonds. The van der Waals surface area contributed by atoms with Gasteiger partial charge in [0.1, 0.15) is 0 Å². The minimum absolute atomic E-state index is 0.845. The van der Waals surface area contributed by atoms with E-state index in [1.54, 1.807) is 0 Å². The van der Waals surface area contributed by atoms with Crippen molar-refractivity contribution in [1.82, 2.24) is 15.0 Å². The molecule has 5 nitrogen and oxygen atoms in total. The number of rotatable bonds is 3. The number of anilines is 2. The van der Waals surface area contributed by atoms with Gasteiger partial charge in [-0.2, -0.15) is 0 Å². The van der Waals surface area contributed by atoms with Crippen LogP contribution in [0.5, 0.6) is 0 Å². The maximum atomic E-state index is 4.47. The van der Waals surface area contributed by atoms with Crippen molar-refractivity contribution in [3.8, 4) is 0 Å². The van der Waals surface area contributed by atoms with Crippen LogP contribution < -0.4 is 9.80 Å². The first kappa shape index (κ1) is 13.8. The molecule has 0 saturated carbocycles. The van der Waals surface area contributed by atoms with Crippen LogP contribution in [0.25, 0.3) is 0 Å². The Morgan fingerprint density at radius 1 is 1.00 bits per heavy atom. The Morgan fingerprint density at radius 3 is 2.29 bits per heavy atom. The highest BCUT2D eigenvalue weighted by molar-refractivity contribution is 5.48. The van der Waals surface area contributed by atoms with E-state index in [1.165, 1.54) is 11.3 Å². The number of hydrogen-bond acceptors (Lipinski definition) is 5. The largest absolute Gasteiger partial charge is 0.368 e. The minimum atomic E-state index is 0.845. The van der Waals surface area contributed by atoms with E-state index in [9.17, 15) is 0 Å². The Morgan fingerprint density at radius 2 is 1.67 bits per heavy atom. The van der Waals surface area contributed by atoms with Crippen molar-refractivity contribution in [3.63, 3.8) is 0 Å². The van der Waals surface area contributed by atoms with E-state index in [0.29, 0.717) is 0 Å². The van der Waals surface area contributed by atoms with Crippen LogP contribution in [0.4, 0.5) is 11.6 Å². The van der Waals surface area contributed by atoms with Crippen LogP contribution in [0.1, 0.15) is 18.2 Å². The van der Waals surface area contributed by atoms with E-state index in [2.05, 4.69) is 43.8 Å². The van der Waals surface area contributed by atoms with Crippen LogP contribution in [0.2, 0.25) is 0 Å². The molecule has 1 aliphatic rings. The maximum absolute atomic E-state index is 4.47. The van der Waals surface area contributed by atoms with Crippen LogP contribution in [0, 0.1) is 6.92 Å². The summed E-state index contributed by atoms with van der Waals surface area (Å²) in [5.41, 5.74) is 3.50. The highest BCUT2D eigenvalue weighted by atomic mass is 15.3. The van der Waals surface area contributed by atoms with Crippen molar-refractivity contribution >= 4 is 11.6 Å². The molecule has 0 atom stereocenters. The zero-order valence-electron chi connectivity index (χ0n) is 12.7. The van der Waals surface area contributed by atoms with Gasteiger partial charge in [0, 0.05) is 56.2 Å². The van der Waals surface area contributed by atoms with E-state index in [0.717, 1.165) is 44.2 Å². The zero-order chi connectivity index (χ0) is 14.7. The summed E-state index contributed by atoms with van der Waals surface area (Å²) in [5, 5.41) is 0. The molecule has 5 heteroatoms. The molecule has 0 aromatic carbocycles. The van der Waals surface area contributed by atoms with E-state index < -0.39 is 0 Å². The molecule has 0 radical (unpaired) electrons. The Bertz CT molecular complexity index is 588. The average Bonchev–Trinajstić information content (AvgIpc) is 2.55. The SMILES string of the molecule is CCc1cnc(N2CCN(c3ccnc(C)c3)CC2)nc1. The first-order valence-corrected chi connectivity index (χ1v) is 7.49. The summed E-state index contributed by atoms with van der Waals surface area (Å²) in [4.78, 5) is 17.8. The topological polar surface area (TPSA) is 45.2 Å². The molecule has 21 heavy (non-hydrogen) atoms. The Hall–Kier alpha value is -2.17. The molecular formula is C16H21N5. The van der Waals surface area contributed by atoms with Gasteiger partial charge in [0.2, 0.25) is 5.95 Å². The summed E-state index contributed by atoms with van der Waals surface area (Å²) in [6, 6.07) is 4.22. The van der Waals surface area contributed by atoms with Crippen molar-refractivity contribution in [2.45, 2.75) is 20.3 Å². The van der Waals surface area contributed by atoms with Gasteiger partial charge in [0.15, 0.2) is 0 Å². The molecule has 0 unspecified atom stereocenters. The van der Waals surface area contributed by atoms with Gasteiger partial charge in [-0.3, -0.25) is 4.98 Å². The molecule has 1 saturated heterocycles. The zero-order valence-corrected chi connectivity index (χ0v) is 12.7. The summed E-state index contributed by atoms with van der Waals surface area (Å²) in [6.45, 7) is 8.03. The van der Waals surface area contributed by atoms with Crippen molar-refractivity contribution in [3.05, 3.63) is 42.0 Å². The van der Waals surface area contributed by atoms with Gasteiger partial charge in [0.25, 0.3) is 0 Å². The lowest BCUT2D eigenvalue weighted by Gasteiger charge is -2.36. The number of hydrogen-bond donors (Lipinski definition) is 0. The second-order valence-corrected chi connectivity index (χ2v) is 5.37. The summed E-state index contributed by atoms with van der Waals surface area (Å²) in [5.74, 6) is 0.845. The van der Waals surface area contributed by atoms with Gasteiger partial charge in [-0.05, 0) is 31.0 Å². The standard InChI is InChI=1S/C16H21N5/c1-3-14-11-18-16(19-12-14)21-8-6-20(7-9-21)15-4-5-17-13(2)10-15/h4-5,10-12H,3,6-9H2,1-2H3. The summed E-state index contributed by atoms with van der Waals surface area (Å²) in [7, 11) is 0. The molecule has 0 spiro atoms. The molecule has 2 aromatic heterocycles. The lowest BCUT2D eigenvalue weighted by Crippen LogP contribution is -2.47. The van der Waals surface area contributed by atoms with Crippen LogP contribution >= 0.6 is 0 Å². The normalized spacial score (nSPS) is 15.3. The van der Waals surface area contributed by atoms with Crippen LogP contribution in [-0.4, -0.2) is 41.1 Å². The highest BCUT2D eigenvalue weighted by Gasteiger charge is 2.19. The summed E-state index contributed by atoms with van der Waals surface area (Å²) < 4.78 is 0. The molecule has 1 fully saturated rings. The average molecular weight is 283 g/mol. The molecule has 3 rings (SSSR count). The smallest absolute Gasteiger partial charge is 0.225 e. The van der Waals surface area contributed by atoms with Crippen molar-refractivity contribution in [2.75, 3.05) is 36.0 Å². The third-order valence-corrected chi connectivity index (χ3v) is 3.91. The Balaban J connectivity index is 1.64. The fraction of sp³-hybridized carbons (Fsp3) is 0.438. The number of pyridine rings is 1. The van der Waals surface area contributed by atoms with Gasteiger partial charge < -0.3 is 9.80 Å². The lowest BCUT2D eigenvalue weighted by molar-refractivity contribution is 0.639. The number of aromatic nitrogens is 3. The van der Waals surface area contributed by atoms with Gasteiger partial charge >= 0.3 is 0 Å². The molecule has 1 aliphatic heterocycles. The minimum Gasteiger partial charge on any atom is -0.368 e. The third kappa shape index (κ3) is 3.12. The van der Waals surface area contributed by atoms with Gasteiger partial charge in [-0.15, -0.1) is 0 Å². The van der Waals surface area contributed by atoms with Crippen LogP contribution in [0.15, 0.2) is 30.7 Å². The molecule has 0 bridgehead atoms. The monoisotopic (exact) mass is 283 g/mol. The first-order valence-electron chi connectivity index (χ1n) is 7.49. The predicted octanol–water partition coefficient (Wildman–Crippen LogP) is 2.07. The third-order valence-electron chi connectivity index (χ3n) is 3.91. The van der Waals surface area contributed by atoms with Gasteiger partial charge in [-0.1, -0.05) is 6.92 Å². The van der Waals surface area contributed by atoms with E-state index in [1.807, 2.05) is 25.5 Å². The Labute approximate surface area is 125 Å². The van der Waals surface area contributed by atoms with Crippen molar-refractivity contribution in [1.29, 1.82) is 0 Å². The van der Waals surface area contributed by atoms with Gasteiger partial charge in [0.05, 0.1) is 0 Å². The molecule has 0 aliphatic carbocycles. The molecule has 110 valence electrons. The lowest BCUT2D eigenvalue weighted by atomic mass is 10.2. The van der Waals surface area contributed by atoms with Crippen LogP contribution in [-0.2, 0) is 6.42 Å². The van der Waals surface area contributed by atoms with Crippen molar-refractivity contribution in [2.24, 2.45) is 0 Å². The fourth-order valence-electron chi connectivity index (χ4n) is 2.59. The second-order valence-electron chi connectivity index (χ2n) is 5.37. The molecule has 0 N–H and O–H groups in total. The second kappa shape index (κ2) is 6.08. The Kier molecular flexibility index (Phi) is 3.99. The van der Waals surface area contributed by atoms with Crippen molar-refractivity contribution < 1.29 is 0 Å². The van der Waals surface area contributed by atoms with Gasteiger partial charge in [-0.25, -0.2) is 9.97 Å². The highest BCUT2D eigenvalue weighted by Crippen LogP contribution is 2.18. The number of piperazine rings is 1. The first-order chi connectivity index (χ1) is 10.3. The quantitative estimate of drug-likeness (QED) is 0.863.